The van der Waals surface area contributed by atoms with Gasteiger partial charge in [-0.05, 0) is 42.3 Å². The molecule has 1 saturated heterocycles. The van der Waals surface area contributed by atoms with Gasteiger partial charge in [0.15, 0.2) is 5.13 Å². The van der Waals surface area contributed by atoms with Gasteiger partial charge < -0.3 is 10.2 Å². The number of nitrogens with zero attached hydrogens (tertiary/aromatic N) is 2. The number of hydrogen-bond acceptors (Lipinski definition) is 5. The number of thiazole rings is 1. The van der Waals surface area contributed by atoms with E-state index in [9.17, 15) is 14.4 Å². The number of anilines is 3. The summed E-state index contributed by atoms with van der Waals surface area (Å²) in [6, 6.07) is 14.9. The SMILES string of the molecule is CC(=O)Nc1ccc(-c2csc(NC(=O)/C=C/c3ccc(N4CCCC4=O)cc3)n2)cc1. The van der Waals surface area contributed by atoms with Crippen LogP contribution in [0.5, 0.6) is 0 Å². The highest BCUT2D eigenvalue weighted by Crippen LogP contribution is 2.26. The fraction of sp³-hybridized carbons (Fsp3) is 0.167. The fourth-order valence-corrected chi connectivity index (χ4v) is 4.12. The topological polar surface area (TPSA) is 91.4 Å². The molecular formula is C24H22N4O3S. The van der Waals surface area contributed by atoms with E-state index in [1.54, 1.807) is 11.0 Å². The highest BCUT2D eigenvalue weighted by molar-refractivity contribution is 7.14. The number of aromatic nitrogens is 1. The van der Waals surface area contributed by atoms with Gasteiger partial charge in [0.05, 0.1) is 5.69 Å². The lowest BCUT2D eigenvalue weighted by molar-refractivity contribution is -0.117. The number of benzene rings is 2. The van der Waals surface area contributed by atoms with Crippen molar-refractivity contribution in [2.45, 2.75) is 19.8 Å². The third-order valence-electron chi connectivity index (χ3n) is 4.94. The van der Waals surface area contributed by atoms with Crippen LogP contribution in [0.4, 0.5) is 16.5 Å². The van der Waals surface area contributed by atoms with Crippen LogP contribution in [0.1, 0.15) is 25.3 Å². The molecule has 0 bridgehead atoms. The number of carbonyl (C=O) groups is 3. The minimum absolute atomic E-state index is 0.123. The van der Waals surface area contributed by atoms with E-state index in [1.165, 1.54) is 24.3 Å². The maximum Gasteiger partial charge on any atom is 0.250 e. The molecule has 162 valence electrons. The van der Waals surface area contributed by atoms with E-state index >= 15 is 0 Å². The molecule has 0 saturated carbocycles. The zero-order valence-corrected chi connectivity index (χ0v) is 18.3. The lowest BCUT2D eigenvalue weighted by Crippen LogP contribution is -2.23. The Labute approximate surface area is 189 Å². The van der Waals surface area contributed by atoms with Gasteiger partial charge in [-0.3, -0.25) is 19.7 Å². The predicted molar refractivity (Wildman–Crippen MR) is 128 cm³/mol. The molecule has 0 atom stereocenters. The van der Waals surface area contributed by atoms with Gasteiger partial charge in [-0.15, -0.1) is 11.3 Å². The third kappa shape index (κ3) is 5.28. The number of hydrogen-bond donors (Lipinski definition) is 2. The summed E-state index contributed by atoms with van der Waals surface area (Å²) in [6.07, 6.45) is 4.67. The summed E-state index contributed by atoms with van der Waals surface area (Å²) in [5, 5.41) is 7.87. The second-order valence-corrected chi connectivity index (χ2v) is 8.22. The Morgan fingerprint density at radius 1 is 1.06 bits per heavy atom. The van der Waals surface area contributed by atoms with E-state index in [1.807, 2.05) is 53.9 Å². The van der Waals surface area contributed by atoms with Crippen LogP contribution < -0.4 is 15.5 Å². The molecule has 1 aliphatic rings. The average molecular weight is 447 g/mol. The van der Waals surface area contributed by atoms with E-state index in [2.05, 4.69) is 15.6 Å². The third-order valence-corrected chi connectivity index (χ3v) is 5.70. The Morgan fingerprint density at radius 2 is 1.81 bits per heavy atom. The van der Waals surface area contributed by atoms with Gasteiger partial charge in [0.25, 0.3) is 0 Å². The number of amides is 3. The Kier molecular flexibility index (Phi) is 6.42. The molecule has 2 aromatic carbocycles. The van der Waals surface area contributed by atoms with Crippen molar-refractivity contribution < 1.29 is 14.4 Å². The second kappa shape index (κ2) is 9.57. The first-order valence-electron chi connectivity index (χ1n) is 10.2. The van der Waals surface area contributed by atoms with Crippen LogP contribution in [-0.2, 0) is 14.4 Å². The van der Waals surface area contributed by atoms with Crippen molar-refractivity contribution in [3.05, 3.63) is 65.6 Å². The molecule has 4 rings (SSSR count). The van der Waals surface area contributed by atoms with Gasteiger partial charge in [-0.25, -0.2) is 4.98 Å². The van der Waals surface area contributed by atoms with Crippen LogP contribution in [-0.4, -0.2) is 29.3 Å². The number of nitrogens with one attached hydrogen (secondary N) is 2. The van der Waals surface area contributed by atoms with Crippen molar-refractivity contribution in [1.82, 2.24) is 4.98 Å². The summed E-state index contributed by atoms with van der Waals surface area (Å²) >= 11 is 1.34. The van der Waals surface area contributed by atoms with Crippen molar-refractivity contribution >= 4 is 51.6 Å². The molecule has 1 fully saturated rings. The molecule has 1 aliphatic heterocycles. The van der Waals surface area contributed by atoms with Gasteiger partial charge in [0.1, 0.15) is 0 Å². The quantitative estimate of drug-likeness (QED) is 0.544. The maximum atomic E-state index is 12.3. The smallest absolute Gasteiger partial charge is 0.250 e. The number of carbonyl (C=O) groups excluding carboxylic acids is 3. The first-order chi connectivity index (χ1) is 15.5. The van der Waals surface area contributed by atoms with Gasteiger partial charge in [-0.1, -0.05) is 24.3 Å². The molecule has 2 heterocycles. The summed E-state index contributed by atoms with van der Waals surface area (Å²) in [4.78, 5) is 41.5. The normalized spacial score (nSPS) is 13.5. The highest BCUT2D eigenvalue weighted by atomic mass is 32.1. The van der Waals surface area contributed by atoms with Gasteiger partial charge in [0.2, 0.25) is 17.7 Å². The van der Waals surface area contributed by atoms with Crippen molar-refractivity contribution in [3.63, 3.8) is 0 Å². The lowest BCUT2D eigenvalue weighted by Gasteiger charge is -2.15. The second-order valence-electron chi connectivity index (χ2n) is 7.36. The van der Waals surface area contributed by atoms with Crippen LogP contribution in [0.2, 0.25) is 0 Å². The van der Waals surface area contributed by atoms with E-state index in [0.29, 0.717) is 11.6 Å². The van der Waals surface area contributed by atoms with E-state index < -0.39 is 0 Å². The van der Waals surface area contributed by atoms with Crippen LogP contribution in [0.3, 0.4) is 0 Å². The first-order valence-corrected chi connectivity index (χ1v) is 11.1. The van der Waals surface area contributed by atoms with E-state index in [0.717, 1.165) is 41.2 Å². The Hall–Kier alpha value is -3.78. The molecule has 0 aliphatic carbocycles. The summed E-state index contributed by atoms with van der Waals surface area (Å²) in [6.45, 7) is 2.22. The van der Waals surface area contributed by atoms with Crippen molar-refractivity contribution in [3.8, 4) is 11.3 Å². The van der Waals surface area contributed by atoms with Crippen LogP contribution >= 0.6 is 11.3 Å². The molecule has 1 aromatic heterocycles. The molecule has 3 aromatic rings. The minimum Gasteiger partial charge on any atom is -0.326 e. The fourth-order valence-electron chi connectivity index (χ4n) is 3.40. The summed E-state index contributed by atoms with van der Waals surface area (Å²) in [7, 11) is 0. The monoisotopic (exact) mass is 446 g/mol. The highest BCUT2D eigenvalue weighted by Gasteiger charge is 2.21. The zero-order chi connectivity index (χ0) is 22.5. The standard InChI is InChI=1S/C24H22N4O3S/c1-16(29)25-19-9-7-18(8-10-19)21-15-32-24(26-21)27-22(30)13-6-17-4-11-20(12-5-17)28-14-2-3-23(28)31/h4-13,15H,2-3,14H2,1H3,(H,25,29)(H,26,27,30)/b13-6+. The first kappa shape index (κ1) is 21.5. The summed E-state index contributed by atoms with van der Waals surface area (Å²) in [5.74, 6) is -0.244. The van der Waals surface area contributed by atoms with Crippen LogP contribution in [0.25, 0.3) is 17.3 Å². The lowest BCUT2D eigenvalue weighted by atomic mass is 10.1. The van der Waals surface area contributed by atoms with Crippen molar-refractivity contribution in [1.29, 1.82) is 0 Å². The Morgan fingerprint density at radius 3 is 2.47 bits per heavy atom. The van der Waals surface area contributed by atoms with Gasteiger partial charge in [0, 0.05) is 48.3 Å². The van der Waals surface area contributed by atoms with E-state index in [-0.39, 0.29) is 17.7 Å². The van der Waals surface area contributed by atoms with Gasteiger partial charge >= 0.3 is 0 Å². The molecule has 7 nitrogen and oxygen atoms in total. The molecule has 0 unspecified atom stereocenters. The molecule has 0 radical (unpaired) electrons. The molecule has 3 amide bonds. The molecule has 2 N–H and O–H groups in total. The van der Waals surface area contributed by atoms with E-state index in [4.69, 9.17) is 0 Å². The summed E-state index contributed by atoms with van der Waals surface area (Å²) in [5.41, 5.74) is 4.11. The molecule has 32 heavy (non-hydrogen) atoms. The Bertz CT molecular complexity index is 1170. The largest absolute Gasteiger partial charge is 0.326 e. The minimum atomic E-state index is -0.272. The molecular weight excluding hydrogens is 424 g/mol. The average Bonchev–Trinajstić information content (AvgIpc) is 3.42. The Balaban J connectivity index is 1.34. The zero-order valence-electron chi connectivity index (χ0n) is 17.5. The van der Waals surface area contributed by atoms with Crippen LogP contribution in [0, 0.1) is 0 Å². The van der Waals surface area contributed by atoms with Crippen molar-refractivity contribution in [2.24, 2.45) is 0 Å². The maximum absolute atomic E-state index is 12.3. The molecule has 8 heteroatoms. The molecule has 0 spiro atoms. The predicted octanol–water partition coefficient (Wildman–Crippen LogP) is 4.55. The van der Waals surface area contributed by atoms with Crippen LogP contribution in [0.15, 0.2) is 60.0 Å². The number of rotatable bonds is 6. The van der Waals surface area contributed by atoms with Crippen molar-refractivity contribution in [2.75, 3.05) is 22.1 Å². The summed E-state index contributed by atoms with van der Waals surface area (Å²) < 4.78 is 0. The van der Waals surface area contributed by atoms with Gasteiger partial charge in [-0.2, -0.15) is 0 Å².